The van der Waals surface area contributed by atoms with Crippen LogP contribution in [0.25, 0.3) is 10.9 Å². The van der Waals surface area contributed by atoms with Crippen LogP contribution in [0.3, 0.4) is 0 Å². The molecule has 0 radical (unpaired) electrons. The Kier molecular flexibility index (Phi) is 5.87. The summed E-state index contributed by atoms with van der Waals surface area (Å²) >= 11 is 1.27. The maximum atomic E-state index is 13.1. The van der Waals surface area contributed by atoms with E-state index in [1.807, 2.05) is 6.92 Å². The molecule has 1 amide bonds. The van der Waals surface area contributed by atoms with Crippen LogP contribution in [0.2, 0.25) is 0 Å². The van der Waals surface area contributed by atoms with Gasteiger partial charge in [0.15, 0.2) is 0 Å². The van der Waals surface area contributed by atoms with E-state index in [0.29, 0.717) is 34.7 Å². The molecular formula is C21H20N4O5S2. The molecule has 2 aromatic heterocycles. The maximum Gasteiger partial charge on any atom is 0.257 e. The molecule has 0 spiro atoms. The van der Waals surface area contributed by atoms with Gasteiger partial charge in [0.25, 0.3) is 5.91 Å². The van der Waals surface area contributed by atoms with Gasteiger partial charge in [-0.25, -0.2) is 8.42 Å². The normalized spacial score (nSPS) is 14.9. The summed E-state index contributed by atoms with van der Waals surface area (Å²) in [5.41, 5.74) is 1.01. The van der Waals surface area contributed by atoms with Gasteiger partial charge >= 0.3 is 0 Å². The van der Waals surface area contributed by atoms with Crippen LogP contribution in [0.4, 0.5) is 5.00 Å². The van der Waals surface area contributed by atoms with Crippen molar-refractivity contribution in [1.82, 2.24) is 9.29 Å². The highest BCUT2D eigenvalue weighted by Gasteiger charge is 2.27. The molecule has 0 unspecified atom stereocenters. The van der Waals surface area contributed by atoms with Crippen molar-refractivity contribution in [3.63, 3.8) is 0 Å². The van der Waals surface area contributed by atoms with Gasteiger partial charge in [-0.1, -0.05) is 0 Å². The molecule has 4 rings (SSSR count). The molecule has 0 bridgehead atoms. The van der Waals surface area contributed by atoms with E-state index in [-0.39, 0.29) is 23.5 Å². The fraction of sp³-hybridized carbons (Fsp3) is 0.286. The second-order valence-corrected chi connectivity index (χ2v) is 10.5. The Morgan fingerprint density at radius 3 is 2.66 bits per heavy atom. The number of H-pyrrole nitrogens is 1. The van der Waals surface area contributed by atoms with Crippen molar-refractivity contribution in [3.8, 4) is 6.07 Å². The van der Waals surface area contributed by atoms with E-state index in [1.165, 1.54) is 33.8 Å². The van der Waals surface area contributed by atoms with Crippen LogP contribution < -0.4 is 10.9 Å². The van der Waals surface area contributed by atoms with Crippen molar-refractivity contribution in [2.45, 2.75) is 18.7 Å². The van der Waals surface area contributed by atoms with Gasteiger partial charge in [-0.05, 0) is 37.6 Å². The van der Waals surface area contributed by atoms with Crippen LogP contribution >= 0.6 is 11.3 Å². The Hall–Kier alpha value is -3.04. The Morgan fingerprint density at radius 1 is 1.25 bits per heavy atom. The first-order valence-electron chi connectivity index (χ1n) is 9.79. The van der Waals surface area contributed by atoms with Crippen molar-refractivity contribution in [2.75, 3.05) is 31.6 Å². The molecule has 166 valence electrons. The van der Waals surface area contributed by atoms with Gasteiger partial charge in [-0.15, -0.1) is 11.3 Å². The Morgan fingerprint density at radius 2 is 1.97 bits per heavy atom. The van der Waals surface area contributed by atoms with Crippen LogP contribution in [-0.4, -0.2) is 49.9 Å². The lowest BCUT2D eigenvalue weighted by molar-refractivity contribution is 0.0730. The molecule has 9 nitrogen and oxygen atoms in total. The summed E-state index contributed by atoms with van der Waals surface area (Å²) in [4.78, 5) is 28.8. The van der Waals surface area contributed by atoms with Crippen LogP contribution in [0.5, 0.6) is 0 Å². The lowest BCUT2D eigenvalue weighted by Crippen LogP contribution is -2.40. The molecule has 0 aliphatic carbocycles. The van der Waals surface area contributed by atoms with Gasteiger partial charge in [0, 0.05) is 34.9 Å². The molecule has 0 atom stereocenters. The first-order chi connectivity index (χ1) is 15.2. The number of anilines is 1. The van der Waals surface area contributed by atoms with Crippen molar-refractivity contribution < 1.29 is 17.9 Å². The van der Waals surface area contributed by atoms with E-state index in [4.69, 9.17) is 4.74 Å². The number of hydrogen-bond acceptors (Lipinski definition) is 7. The average Bonchev–Trinajstić information content (AvgIpc) is 3.05. The number of benzene rings is 1. The highest BCUT2D eigenvalue weighted by molar-refractivity contribution is 7.89. The number of carbonyl (C=O) groups is 1. The highest BCUT2D eigenvalue weighted by atomic mass is 32.2. The minimum atomic E-state index is -3.79. The van der Waals surface area contributed by atoms with Crippen LogP contribution in [0, 0.1) is 25.2 Å². The van der Waals surface area contributed by atoms with E-state index in [9.17, 15) is 23.3 Å². The summed E-state index contributed by atoms with van der Waals surface area (Å²) in [5.74, 6) is -0.597. The zero-order valence-corrected chi connectivity index (χ0v) is 19.0. The first kappa shape index (κ1) is 22.2. The van der Waals surface area contributed by atoms with Gasteiger partial charge in [0.2, 0.25) is 15.6 Å². The largest absolute Gasteiger partial charge is 0.379 e. The molecular weight excluding hydrogens is 452 g/mol. The number of nitrogens with one attached hydrogen (secondary N) is 2. The number of nitrogens with zero attached hydrogens (tertiary/aromatic N) is 2. The minimum absolute atomic E-state index is 0.0218. The fourth-order valence-corrected chi connectivity index (χ4v) is 5.98. The number of thiophene rings is 1. The van der Waals surface area contributed by atoms with Crippen molar-refractivity contribution in [3.05, 3.63) is 56.2 Å². The van der Waals surface area contributed by atoms with Gasteiger partial charge in [-0.2, -0.15) is 9.57 Å². The molecule has 3 aromatic rings. The average molecular weight is 473 g/mol. The highest BCUT2D eigenvalue weighted by Crippen LogP contribution is 2.32. The lowest BCUT2D eigenvalue weighted by Gasteiger charge is -2.26. The quantitative estimate of drug-likeness (QED) is 0.599. The topological polar surface area (TPSA) is 132 Å². The van der Waals surface area contributed by atoms with Crippen molar-refractivity contribution in [1.29, 1.82) is 5.26 Å². The molecule has 11 heteroatoms. The molecule has 3 heterocycles. The summed E-state index contributed by atoms with van der Waals surface area (Å²) in [6, 6.07) is 7.49. The number of amides is 1. The second-order valence-electron chi connectivity index (χ2n) is 7.32. The first-order valence-corrected chi connectivity index (χ1v) is 12.0. The van der Waals surface area contributed by atoms with E-state index in [1.54, 1.807) is 6.92 Å². The number of fused-ring (bicyclic) bond motifs is 1. The third-order valence-corrected chi connectivity index (χ3v) is 8.41. The summed E-state index contributed by atoms with van der Waals surface area (Å²) in [6.45, 7) is 4.76. The van der Waals surface area contributed by atoms with Crippen molar-refractivity contribution >= 4 is 43.2 Å². The number of ether oxygens (including phenoxy) is 1. The van der Waals surface area contributed by atoms with E-state index < -0.39 is 21.5 Å². The number of aromatic amines is 1. The molecule has 2 N–H and O–H groups in total. The number of morpholine rings is 1. The van der Waals surface area contributed by atoms with Crippen LogP contribution in [0.1, 0.15) is 26.4 Å². The van der Waals surface area contributed by atoms with E-state index in [0.717, 1.165) is 16.5 Å². The number of aromatic nitrogens is 1. The molecule has 1 aromatic carbocycles. The number of aryl methyl sites for hydroxylation is 1. The molecule has 1 aliphatic heterocycles. The summed E-state index contributed by atoms with van der Waals surface area (Å²) in [6.07, 6.45) is 0. The fourth-order valence-electron chi connectivity index (χ4n) is 3.54. The Balaban J connectivity index is 1.78. The SMILES string of the molecule is Cc1sc(NC(=O)c2cc(=O)[nH]c3ccc(S(=O)(=O)N4CCOCC4)cc23)c(C#N)c1C. The van der Waals surface area contributed by atoms with Gasteiger partial charge in [0.05, 0.1) is 29.2 Å². The molecule has 1 saturated heterocycles. The second kappa shape index (κ2) is 8.48. The summed E-state index contributed by atoms with van der Waals surface area (Å²) in [7, 11) is -3.79. The molecule has 1 aliphatic rings. The predicted octanol–water partition coefficient (Wildman–Crippen LogP) is 2.35. The van der Waals surface area contributed by atoms with Crippen molar-refractivity contribution in [2.24, 2.45) is 0 Å². The molecule has 32 heavy (non-hydrogen) atoms. The van der Waals surface area contributed by atoms with Gasteiger partial charge in [-0.3, -0.25) is 9.59 Å². The standard InChI is InChI=1S/C21H20N4O5S2/c1-12-13(2)31-21(17(12)11-22)24-20(27)16-10-19(26)23-18-4-3-14(9-15(16)18)32(28,29)25-5-7-30-8-6-25/h3-4,9-10H,5-8H2,1-2H3,(H,23,26)(H,24,27). The number of rotatable bonds is 4. The third kappa shape index (κ3) is 3.93. The lowest BCUT2D eigenvalue weighted by atomic mass is 10.1. The predicted molar refractivity (Wildman–Crippen MR) is 121 cm³/mol. The number of nitriles is 1. The zero-order valence-electron chi connectivity index (χ0n) is 17.4. The van der Waals surface area contributed by atoms with Crippen LogP contribution in [0.15, 0.2) is 34.0 Å². The molecule has 1 fully saturated rings. The van der Waals surface area contributed by atoms with Crippen LogP contribution in [-0.2, 0) is 14.8 Å². The maximum absolute atomic E-state index is 13.1. The number of sulfonamides is 1. The monoisotopic (exact) mass is 472 g/mol. The van der Waals surface area contributed by atoms with E-state index >= 15 is 0 Å². The number of carbonyl (C=O) groups excluding carboxylic acids is 1. The molecule has 0 saturated carbocycles. The number of hydrogen-bond donors (Lipinski definition) is 2. The Bertz CT molecular complexity index is 1430. The van der Waals surface area contributed by atoms with Gasteiger partial charge in [0.1, 0.15) is 11.1 Å². The zero-order chi connectivity index (χ0) is 23.0. The summed E-state index contributed by atoms with van der Waals surface area (Å²) < 4.78 is 32.7. The van der Waals surface area contributed by atoms with E-state index in [2.05, 4.69) is 16.4 Å². The minimum Gasteiger partial charge on any atom is -0.379 e. The Labute approximate surface area is 188 Å². The smallest absolute Gasteiger partial charge is 0.257 e. The summed E-state index contributed by atoms with van der Waals surface area (Å²) in [5, 5.41) is 12.8. The number of pyridine rings is 1. The third-order valence-electron chi connectivity index (χ3n) is 5.39. The van der Waals surface area contributed by atoms with Gasteiger partial charge < -0.3 is 15.0 Å².